The summed E-state index contributed by atoms with van der Waals surface area (Å²) in [6.07, 6.45) is 0. The first kappa shape index (κ1) is 16.1. The van der Waals surface area contributed by atoms with Crippen molar-refractivity contribution in [2.24, 2.45) is 0 Å². The van der Waals surface area contributed by atoms with Crippen molar-refractivity contribution in [3.05, 3.63) is 59.2 Å². The monoisotopic (exact) mass is 324 g/mol. The lowest BCUT2D eigenvalue weighted by atomic mass is 10.0. The Kier molecular flexibility index (Phi) is 4.01. The third kappa shape index (κ3) is 2.73. The van der Waals surface area contributed by atoms with Gasteiger partial charge in [0.1, 0.15) is 0 Å². The molecule has 2 aromatic carbocycles. The number of anilines is 2. The molecule has 1 atom stereocenters. The third-order valence-corrected chi connectivity index (χ3v) is 4.48. The summed E-state index contributed by atoms with van der Waals surface area (Å²) in [5.74, 6) is -1.44. The second-order valence-corrected chi connectivity index (χ2v) is 6.28. The minimum absolute atomic E-state index is 0.0191. The van der Waals surface area contributed by atoms with Crippen LogP contribution in [-0.4, -0.2) is 31.1 Å². The van der Waals surface area contributed by atoms with Gasteiger partial charge in [0.15, 0.2) is 0 Å². The molecule has 0 saturated heterocycles. The maximum absolute atomic E-state index is 12.6. The quantitative estimate of drug-likeness (QED) is 0.939. The molecule has 0 fully saturated rings. The third-order valence-electron chi connectivity index (χ3n) is 4.48. The molecule has 5 nitrogen and oxygen atoms in total. The average molecular weight is 324 g/mol. The summed E-state index contributed by atoms with van der Waals surface area (Å²) in [6, 6.07) is 13.0. The molecule has 0 saturated carbocycles. The molecule has 0 bridgehead atoms. The van der Waals surface area contributed by atoms with Crippen LogP contribution >= 0.6 is 0 Å². The van der Waals surface area contributed by atoms with Crippen molar-refractivity contribution in [1.82, 2.24) is 0 Å². The highest BCUT2D eigenvalue weighted by atomic mass is 16.4. The number of aliphatic carboxylic acids is 1. The van der Waals surface area contributed by atoms with Gasteiger partial charge in [0.05, 0.1) is 12.5 Å². The van der Waals surface area contributed by atoms with Crippen LogP contribution in [0.5, 0.6) is 0 Å². The summed E-state index contributed by atoms with van der Waals surface area (Å²) in [5.41, 5.74) is 4.31. The minimum Gasteiger partial charge on any atom is -0.481 e. The molecule has 124 valence electrons. The molecule has 5 heteroatoms. The van der Waals surface area contributed by atoms with Crippen LogP contribution in [0.4, 0.5) is 11.4 Å². The van der Waals surface area contributed by atoms with E-state index >= 15 is 0 Å². The number of carbonyl (C=O) groups is 2. The van der Waals surface area contributed by atoms with Crippen LogP contribution in [0.1, 0.15) is 34.3 Å². The van der Waals surface area contributed by atoms with E-state index in [4.69, 9.17) is 5.11 Å². The predicted molar refractivity (Wildman–Crippen MR) is 93.8 cm³/mol. The molecule has 0 aliphatic carbocycles. The lowest BCUT2D eigenvalue weighted by Crippen LogP contribution is -2.23. The Morgan fingerprint density at radius 1 is 1.17 bits per heavy atom. The van der Waals surface area contributed by atoms with E-state index in [1.165, 1.54) is 0 Å². The van der Waals surface area contributed by atoms with Gasteiger partial charge in [-0.3, -0.25) is 9.59 Å². The fraction of sp³-hybridized carbons (Fsp3) is 0.263. The van der Waals surface area contributed by atoms with Crippen molar-refractivity contribution in [1.29, 1.82) is 0 Å². The highest BCUT2D eigenvalue weighted by molar-refractivity contribution is 6.10. The van der Waals surface area contributed by atoms with E-state index in [0.717, 1.165) is 28.1 Å². The first-order chi connectivity index (χ1) is 11.4. The van der Waals surface area contributed by atoms with Gasteiger partial charge >= 0.3 is 5.97 Å². The smallest absolute Gasteiger partial charge is 0.310 e. The summed E-state index contributed by atoms with van der Waals surface area (Å²) >= 11 is 0. The fourth-order valence-electron chi connectivity index (χ4n) is 2.88. The summed E-state index contributed by atoms with van der Waals surface area (Å²) in [6.45, 7) is 2.18. The van der Waals surface area contributed by atoms with Gasteiger partial charge in [-0.15, -0.1) is 0 Å². The fourth-order valence-corrected chi connectivity index (χ4v) is 2.88. The average Bonchev–Trinajstić information content (AvgIpc) is 2.90. The first-order valence-electron chi connectivity index (χ1n) is 7.83. The van der Waals surface area contributed by atoms with Gasteiger partial charge in [0.2, 0.25) is 0 Å². The standard InChI is InChI=1S/C19H20N2O3/c1-12(19(23)24)13-4-6-15(7-5-13)21-11-14-10-16(20(2)3)8-9-17(14)18(21)22/h4-10,12H,11H2,1-3H3,(H,23,24). The molecule has 1 N–H and O–H groups in total. The number of carbonyl (C=O) groups excluding carboxylic acids is 1. The maximum atomic E-state index is 12.6. The topological polar surface area (TPSA) is 60.9 Å². The largest absolute Gasteiger partial charge is 0.481 e. The van der Waals surface area contributed by atoms with Crippen molar-refractivity contribution >= 4 is 23.3 Å². The van der Waals surface area contributed by atoms with Crippen molar-refractivity contribution in [3.63, 3.8) is 0 Å². The minimum atomic E-state index is -0.858. The van der Waals surface area contributed by atoms with Crippen LogP contribution < -0.4 is 9.80 Å². The van der Waals surface area contributed by atoms with E-state index in [1.54, 1.807) is 24.0 Å². The number of hydrogen-bond acceptors (Lipinski definition) is 3. The van der Waals surface area contributed by atoms with E-state index < -0.39 is 11.9 Å². The maximum Gasteiger partial charge on any atom is 0.310 e. The molecular weight excluding hydrogens is 304 g/mol. The van der Waals surface area contributed by atoms with Crippen molar-refractivity contribution in [3.8, 4) is 0 Å². The highest BCUT2D eigenvalue weighted by Crippen LogP contribution is 2.31. The zero-order valence-electron chi connectivity index (χ0n) is 14.0. The number of benzene rings is 2. The Morgan fingerprint density at radius 3 is 2.42 bits per heavy atom. The second-order valence-electron chi connectivity index (χ2n) is 6.28. The Bertz CT molecular complexity index is 797. The lowest BCUT2D eigenvalue weighted by Gasteiger charge is -2.17. The molecule has 1 unspecified atom stereocenters. The summed E-state index contributed by atoms with van der Waals surface area (Å²) in [7, 11) is 3.94. The van der Waals surface area contributed by atoms with E-state index in [0.29, 0.717) is 6.54 Å². The van der Waals surface area contributed by atoms with Crippen molar-refractivity contribution in [2.75, 3.05) is 23.9 Å². The van der Waals surface area contributed by atoms with Crippen LogP contribution in [0, 0.1) is 0 Å². The van der Waals surface area contributed by atoms with Crippen molar-refractivity contribution in [2.45, 2.75) is 19.4 Å². The molecule has 1 amide bonds. The molecule has 1 aliphatic rings. The van der Waals surface area contributed by atoms with Crippen LogP contribution in [0.3, 0.4) is 0 Å². The SMILES string of the molecule is CC(C(=O)O)c1ccc(N2Cc3cc(N(C)C)ccc3C2=O)cc1. The van der Waals surface area contributed by atoms with E-state index in [-0.39, 0.29) is 5.91 Å². The second kappa shape index (κ2) is 6.00. The van der Waals surface area contributed by atoms with E-state index in [1.807, 2.05) is 49.3 Å². The number of carboxylic acid groups (broad SMARTS) is 1. The van der Waals surface area contributed by atoms with E-state index in [2.05, 4.69) is 0 Å². The molecule has 0 radical (unpaired) electrons. The zero-order valence-corrected chi connectivity index (χ0v) is 14.0. The van der Waals surface area contributed by atoms with Gasteiger partial charge in [-0.05, 0) is 48.4 Å². The van der Waals surface area contributed by atoms with E-state index in [9.17, 15) is 9.59 Å². The highest BCUT2D eigenvalue weighted by Gasteiger charge is 2.29. The summed E-state index contributed by atoms with van der Waals surface area (Å²) in [4.78, 5) is 27.4. The van der Waals surface area contributed by atoms with Gasteiger partial charge in [-0.1, -0.05) is 12.1 Å². The molecular formula is C19H20N2O3. The van der Waals surface area contributed by atoms with Crippen molar-refractivity contribution < 1.29 is 14.7 Å². The predicted octanol–water partition coefficient (Wildman–Crippen LogP) is 3.10. The summed E-state index contributed by atoms with van der Waals surface area (Å²) < 4.78 is 0. The van der Waals surface area contributed by atoms with Gasteiger partial charge in [-0.2, -0.15) is 0 Å². The van der Waals surface area contributed by atoms with Crippen LogP contribution in [-0.2, 0) is 11.3 Å². The number of amides is 1. The Labute approximate surface area is 141 Å². The molecule has 1 heterocycles. The van der Waals surface area contributed by atoms with Crippen LogP contribution in [0.2, 0.25) is 0 Å². The van der Waals surface area contributed by atoms with Gasteiger partial charge in [-0.25, -0.2) is 0 Å². The molecule has 0 spiro atoms. The van der Waals surface area contributed by atoms with Gasteiger partial charge in [0, 0.05) is 31.0 Å². The van der Waals surface area contributed by atoms with Crippen LogP contribution in [0.15, 0.2) is 42.5 Å². The number of hydrogen-bond donors (Lipinski definition) is 1. The number of rotatable bonds is 4. The molecule has 3 rings (SSSR count). The number of fused-ring (bicyclic) bond motifs is 1. The molecule has 1 aliphatic heterocycles. The van der Waals surface area contributed by atoms with Crippen LogP contribution in [0.25, 0.3) is 0 Å². The molecule has 0 aromatic heterocycles. The Hall–Kier alpha value is -2.82. The molecule has 24 heavy (non-hydrogen) atoms. The Morgan fingerprint density at radius 2 is 1.83 bits per heavy atom. The van der Waals surface area contributed by atoms with Gasteiger partial charge in [0.25, 0.3) is 5.91 Å². The summed E-state index contributed by atoms with van der Waals surface area (Å²) in [5, 5.41) is 9.08. The number of carboxylic acids is 1. The Balaban J connectivity index is 1.86. The zero-order chi connectivity index (χ0) is 17.4. The first-order valence-corrected chi connectivity index (χ1v) is 7.83. The normalized spacial score (nSPS) is 14.5. The molecule has 2 aromatic rings. The van der Waals surface area contributed by atoms with Gasteiger partial charge < -0.3 is 14.9 Å². The number of nitrogens with zero attached hydrogens (tertiary/aromatic N) is 2. The lowest BCUT2D eigenvalue weighted by molar-refractivity contribution is -0.138.